The second-order valence-corrected chi connectivity index (χ2v) is 2.89. The van der Waals surface area contributed by atoms with Crippen molar-refractivity contribution in [2.45, 2.75) is 6.92 Å². The van der Waals surface area contributed by atoms with E-state index in [1.165, 1.54) is 0 Å². The fourth-order valence-corrected chi connectivity index (χ4v) is 1.21. The summed E-state index contributed by atoms with van der Waals surface area (Å²) in [6.07, 6.45) is 0. The first-order valence-electron chi connectivity index (χ1n) is 4.76. The highest BCUT2D eigenvalue weighted by atomic mass is 16.5. The van der Waals surface area contributed by atoms with Gasteiger partial charge >= 0.3 is 5.97 Å². The molecule has 16 heavy (non-hydrogen) atoms. The molecule has 1 aromatic carbocycles. The van der Waals surface area contributed by atoms with Gasteiger partial charge in [0.25, 0.3) is 0 Å². The quantitative estimate of drug-likeness (QED) is 0.611. The summed E-state index contributed by atoms with van der Waals surface area (Å²) in [6.45, 7) is 1.91. The Morgan fingerprint density at radius 1 is 1.56 bits per heavy atom. The van der Waals surface area contributed by atoms with Crippen LogP contribution in [0.2, 0.25) is 0 Å². The first-order valence-corrected chi connectivity index (χ1v) is 4.76. The molecule has 0 amide bonds. The van der Waals surface area contributed by atoms with Crippen LogP contribution in [0, 0.1) is 11.3 Å². The van der Waals surface area contributed by atoms with Crippen molar-refractivity contribution in [3.05, 3.63) is 23.8 Å². The lowest BCUT2D eigenvalue weighted by Crippen LogP contribution is -2.11. The van der Waals surface area contributed by atoms with E-state index in [9.17, 15) is 4.79 Å². The fraction of sp³-hybridized carbons (Fsp3) is 0.273. The number of carbonyl (C=O) groups is 1. The molecule has 0 aliphatic heterocycles. The predicted molar refractivity (Wildman–Crippen MR) is 57.9 cm³/mol. The third kappa shape index (κ3) is 2.64. The molecule has 0 atom stereocenters. The third-order valence-electron chi connectivity index (χ3n) is 1.83. The molecular formula is C11H12N2O3. The van der Waals surface area contributed by atoms with Gasteiger partial charge in [-0.25, -0.2) is 4.79 Å². The second-order valence-electron chi connectivity index (χ2n) is 2.89. The molecular weight excluding hydrogens is 208 g/mol. The van der Waals surface area contributed by atoms with Gasteiger partial charge in [0.05, 0.1) is 6.61 Å². The monoisotopic (exact) mass is 220 g/mol. The smallest absolute Gasteiger partial charge is 0.345 e. The van der Waals surface area contributed by atoms with Crippen molar-refractivity contribution in [2.75, 3.05) is 18.9 Å². The molecule has 0 bridgehead atoms. The largest absolute Gasteiger partial charge is 0.493 e. The lowest BCUT2D eigenvalue weighted by molar-refractivity contribution is 0.0552. The van der Waals surface area contributed by atoms with Gasteiger partial charge in [0.15, 0.2) is 6.61 Å². The van der Waals surface area contributed by atoms with Gasteiger partial charge in [0.2, 0.25) is 0 Å². The van der Waals surface area contributed by atoms with E-state index in [1.807, 2.05) is 0 Å². The molecule has 0 saturated heterocycles. The molecule has 0 unspecified atom stereocenters. The van der Waals surface area contributed by atoms with E-state index in [4.69, 9.17) is 15.7 Å². The van der Waals surface area contributed by atoms with E-state index in [2.05, 4.69) is 4.74 Å². The summed E-state index contributed by atoms with van der Waals surface area (Å²) in [6, 6.07) is 6.60. The number of nitrogen functional groups attached to an aromatic ring is 1. The van der Waals surface area contributed by atoms with Crippen LogP contribution in [0.5, 0.6) is 5.75 Å². The molecule has 0 saturated carbocycles. The number of nitrogens with zero attached hydrogens (tertiary/aromatic N) is 1. The summed E-state index contributed by atoms with van der Waals surface area (Å²) < 4.78 is 9.94. The molecule has 5 nitrogen and oxygen atoms in total. The Morgan fingerprint density at radius 2 is 2.31 bits per heavy atom. The van der Waals surface area contributed by atoms with Gasteiger partial charge in [-0.2, -0.15) is 5.26 Å². The fourth-order valence-electron chi connectivity index (χ4n) is 1.21. The summed E-state index contributed by atoms with van der Waals surface area (Å²) in [7, 11) is 0. The number of carbonyl (C=O) groups excluding carboxylic acids is 1. The number of esters is 1. The normalized spacial score (nSPS) is 9.25. The van der Waals surface area contributed by atoms with Gasteiger partial charge < -0.3 is 15.2 Å². The van der Waals surface area contributed by atoms with Crippen LogP contribution in [0.1, 0.15) is 17.3 Å². The van der Waals surface area contributed by atoms with Gasteiger partial charge in [-0.05, 0) is 19.1 Å². The number of rotatable bonds is 4. The van der Waals surface area contributed by atoms with Gasteiger partial charge in [-0.1, -0.05) is 6.07 Å². The van der Waals surface area contributed by atoms with Gasteiger partial charge in [0.1, 0.15) is 17.4 Å². The van der Waals surface area contributed by atoms with E-state index >= 15 is 0 Å². The third-order valence-corrected chi connectivity index (χ3v) is 1.83. The van der Waals surface area contributed by atoms with Crippen LogP contribution < -0.4 is 10.5 Å². The molecule has 0 radical (unpaired) electrons. The van der Waals surface area contributed by atoms with Crippen molar-refractivity contribution in [2.24, 2.45) is 0 Å². The molecule has 0 heterocycles. The maximum Gasteiger partial charge on any atom is 0.345 e. The molecule has 1 rings (SSSR count). The summed E-state index contributed by atoms with van der Waals surface area (Å²) in [5, 5.41) is 8.31. The van der Waals surface area contributed by atoms with Crippen LogP contribution in [0.3, 0.4) is 0 Å². The number of benzene rings is 1. The van der Waals surface area contributed by atoms with Crippen LogP contribution in [0.15, 0.2) is 18.2 Å². The Hall–Kier alpha value is -2.22. The first-order chi connectivity index (χ1) is 7.70. The highest BCUT2D eigenvalue weighted by Crippen LogP contribution is 2.25. The maximum absolute atomic E-state index is 11.6. The zero-order valence-corrected chi connectivity index (χ0v) is 8.90. The van der Waals surface area contributed by atoms with Gasteiger partial charge in [0, 0.05) is 5.69 Å². The lowest BCUT2D eigenvalue weighted by Gasteiger charge is -2.10. The first kappa shape index (κ1) is 11.9. The topological polar surface area (TPSA) is 85.3 Å². The second kappa shape index (κ2) is 5.61. The summed E-state index contributed by atoms with van der Waals surface area (Å²) >= 11 is 0. The van der Waals surface area contributed by atoms with Crippen molar-refractivity contribution in [3.63, 3.8) is 0 Å². The van der Waals surface area contributed by atoms with Crippen molar-refractivity contribution in [3.8, 4) is 11.8 Å². The highest BCUT2D eigenvalue weighted by molar-refractivity contribution is 5.98. The molecule has 1 aromatic rings. The summed E-state index contributed by atoms with van der Waals surface area (Å²) in [5.74, 6) is -0.284. The minimum absolute atomic E-state index is 0.166. The molecule has 0 aliphatic rings. The minimum atomic E-state index is -0.650. The average molecular weight is 220 g/mol. The Labute approximate surface area is 93.4 Å². The molecule has 0 spiro atoms. The minimum Gasteiger partial charge on any atom is -0.493 e. The molecule has 5 heteroatoms. The number of nitriles is 1. The maximum atomic E-state index is 11.6. The standard InChI is InChI=1S/C11H12N2O3/c1-2-15-9-5-3-4-8(13)10(9)11(14)16-7-6-12/h3-5H,2,7,13H2,1H3. The van der Waals surface area contributed by atoms with E-state index in [0.29, 0.717) is 12.4 Å². The van der Waals surface area contributed by atoms with Gasteiger partial charge in [-0.3, -0.25) is 0 Å². The van der Waals surface area contributed by atoms with E-state index in [0.717, 1.165) is 0 Å². The Kier molecular flexibility index (Phi) is 4.16. The van der Waals surface area contributed by atoms with Crippen LogP contribution >= 0.6 is 0 Å². The van der Waals surface area contributed by atoms with E-state index in [-0.39, 0.29) is 17.9 Å². The molecule has 0 aromatic heterocycles. The summed E-state index contributed by atoms with van der Waals surface area (Å²) in [4.78, 5) is 11.6. The summed E-state index contributed by atoms with van der Waals surface area (Å²) in [5.41, 5.74) is 6.10. The molecule has 84 valence electrons. The number of anilines is 1. The molecule has 0 fully saturated rings. The van der Waals surface area contributed by atoms with Crippen LogP contribution in [0.4, 0.5) is 5.69 Å². The lowest BCUT2D eigenvalue weighted by atomic mass is 10.1. The van der Waals surface area contributed by atoms with Crippen molar-refractivity contribution in [1.29, 1.82) is 5.26 Å². The van der Waals surface area contributed by atoms with Crippen molar-refractivity contribution >= 4 is 11.7 Å². The van der Waals surface area contributed by atoms with E-state index in [1.54, 1.807) is 31.2 Å². The average Bonchev–Trinajstić information content (AvgIpc) is 2.26. The van der Waals surface area contributed by atoms with Crippen molar-refractivity contribution in [1.82, 2.24) is 0 Å². The Bertz CT molecular complexity index is 424. The Balaban J connectivity index is 3.00. The molecule has 0 aliphatic carbocycles. The number of hydrogen-bond donors (Lipinski definition) is 1. The zero-order valence-electron chi connectivity index (χ0n) is 8.90. The number of nitrogens with two attached hydrogens (primary N) is 1. The highest BCUT2D eigenvalue weighted by Gasteiger charge is 2.17. The number of hydrogen-bond acceptors (Lipinski definition) is 5. The van der Waals surface area contributed by atoms with Crippen LogP contribution in [-0.2, 0) is 4.74 Å². The van der Waals surface area contributed by atoms with E-state index < -0.39 is 5.97 Å². The predicted octanol–water partition coefficient (Wildman–Crippen LogP) is 1.35. The van der Waals surface area contributed by atoms with Crippen LogP contribution in [-0.4, -0.2) is 19.2 Å². The number of ether oxygens (including phenoxy) is 2. The zero-order chi connectivity index (χ0) is 12.0. The van der Waals surface area contributed by atoms with Gasteiger partial charge in [-0.15, -0.1) is 0 Å². The Morgan fingerprint density at radius 3 is 2.94 bits per heavy atom. The van der Waals surface area contributed by atoms with Crippen LogP contribution in [0.25, 0.3) is 0 Å². The molecule has 2 N–H and O–H groups in total. The van der Waals surface area contributed by atoms with Crippen molar-refractivity contribution < 1.29 is 14.3 Å². The SMILES string of the molecule is CCOc1cccc(N)c1C(=O)OCC#N.